The van der Waals surface area contributed by atoms with Crippen LogP contribution in [-0.4, -0.2) is 18.4 Å². The minimum Gasteiger partial charge on any atom is -0.484 e. The number of aryl methyl sites for hydroxylation is 1. The Morgan fingerprint density at radius 3 is 2.42 bits per heavy atom. The zero-order chi connectivity index (χ0) is 22.1. The van der Waals surface area contributed by atoms with Gasteiger partial charge in [0.25, 0.3) is 11.8 Å². The van der Waals surface area contributed by atoms with Gasteiger partial charge in [-0.2, -0.15) is 5.26 Å². The van der Waals surface area contributed by atoms with E-state index in [0.29, 0.717) is 22.7 Å². The van der Waals surface area contributed by atoms with E-state index in [1.165, 1.54) is 6.08 Å². The largest absolute Gasteiger partial charge is 0.484 e. The van der Waals surface area contributed by atoms with Gasteiger partial charge in [0, 0.05) is 11.4 Å². The molecule has 0 saturated carbocycles. The first kappa shape index (κ1) is 21.3. The van der Waals surface area contributed by atoms with Gasteiger partial charge in [0.15, 0.2) is 6.61 Å². The topological polar surface area (TPSA) is 91.2 Å². The highest BCUT2D eigenvalue weighted by Crippen LogP contribution is 2.17. The number of anilines is 2. The lowest BCUT2D eigenvalue weighted by atomic mass is 10.1. The van der Waals surface area contributed by atoms with Crippen LogP contribution in [0.15, 0.2) is 84.4 Å². The van der Waals surface area contributed by atoms with Gasteiger partial charge in [0.05, 0.1) is 0 Å². The molecule has 154 valence electrons. The normalized spacial score (nSPS) is 10.6. The number of nitriles is 1. The van der Waals surface area contributed by atoms with Crippen LogP contribution in [0.2, 0.25) is 0 Å². The second kappa shape index (κ2) is 10.4. The number of hydrogen-bond acceptors (Lipinski definition) is 4. The van der Waals surface area contributed by atoms with E-state index in [0.717, 1.165) is 5.56 Å². The molecule has 0 aliphatic carbocycles. The summed E-state index contributed by atoms with van der Waals surface area (Å²) in [6.07, 6.45) is 1.47. The minimum atomic E-state index is -0.498. The maximum Gasteiger partial charge on any atom is 0.266 e. The second-order valence-corrected chi connectivity index (χ2v) is 6.77. The molecule has 3 aromatic rings. The Kier molecular flexibility index (Phi) is 7.17. The molecule has 3 aromatic carbocycles. The van der Waals surface area contributed by atoms with Crippen molar-refractivity contribution < 1.29 is 14.3 Å². The van der Waals surface area contributed by atoms with Crippen LogP contribution in [0.25, 0.3) is 6.08 Å². The highest BCUT2D eigenvalue weighted by atomic mass is 16.5. The predicted molar refractivity (Wildman–Crippen MR) is 120 cm³/mol. The van der Waals surface area contributed by atoms with Crippen LogP contribution < -0.4 is 15.4 Å². The first-order valence-electron chi connectivity index (χ1n) is 9.61. The molecular formula is C25H21N3O3. The van der Waals surface area contributed by atoms with Gasteiger partial charge in [-0.1, -0.05) is 42.5 Å². The third-order valence-electron chi connectivity index (χ3n) is 4.24. The van der Waals surface area contributed by atoms with Crippen molar-refractivity contribution in [3.63, 3.8) is 0 Å². The van der Waals surface area contributed by atoms with Crippen LogP contribution in [0.5, 0.6) is 5.75 Å². The quantitative estimate of drug-likeness (QED) is 0.440. The van der Waals surface area contributed by atoms with E-state index in [9.17, 15) is 14.9 Å². The molecule has 6 heteroatoms. The lowest BCUT2D eigenvalue weighted by molar-refractivity contribution is -0.118. The summed E-state index contributed by atoms with van der Waals surface area (Å²) in [6.45, 7) is 1.75. The van der Waals surface area contributed by atoms with Crippen molar-refractivity contribution in [2.45, 2.75) is 6.92 Å². The molecule has 0 aromatic heterocycles. The van der Waals surface area contributed by atoms with Gasteiger partial charge in [-0.3, -0.25) is 9.59 Å². The molecule has 2 amide bonds. The summed E-state index contributed by atoms with van der Waals surface area (Å²) in [7, 11) is 0. The van der Waals surface area contributed by atoms with E-state index in [2.05, 4.69) is 10.6 Å². The first-order chi connectivity index (χ1) is 15.0. The number of ether oxygens (including phenoxy) is 1. The van der Waals surface area contributed by atoms with Crippen LogP contribution >= 0.6 is 0 Å². The van der Waals surface area contributed by atoms with Crippen LogP contribution in [0.4, 0.5) is 11.4 Å². The molecule has 0 bridgehead atoms. The first-order valence-corrected chi connectivity index (χ1v) is 9.61. The van der Waals surface area contributed by atoms with Crippen LogP contribution in [0.1, 0.15) is 11.1 Å². The molecule has 0 heterocycles. The lowest BCUT2D eigenvalue weighted by Crippen LogP contribution is -2.20. The molecule has 0 aliphatic heterocycles. The molecule has 0 spiro atoms. The van der Waals surface area contributed by atoms with E-state index in [4.69, 9.17) is 4.74 Å². The lowest BCUT2D eigenvalue weighted by Gasteiger charge is -2.08. The van der Waals surface area contributed by atoms with Gasteiger partial charge in [0.2, 0.25) is 0 Å². The van der Waals surface area contributed by atoms with Crippen molar-refractivity contribution in [2.75, 3.05) is 17.2 Å². The molecule has 0 atom stereocenters. The van der Waals surface area contributed by atoms with Crippen LogP contribution in [0.3, 0.4) is 0 Å². The van der Waals surface area contributed by atoms with Gasteiger partial charge in [-0.15, -0.1) is 0 Å². The van der Waals surface area contributed by atoms with Crippen molar-refractivity contribution >= 4 is 29.3 Å². The zero-order valence-corrected chi connectivity index (χ0v) is 17.0. The number of carbonyl (C=O) groups excluding carboxylic acids is 2. The van der Waals surface area contributed by atoms with E-state index >= 15 is 0 Å². The van der Waals surface area contributed by atoms with E-state index in [1.807, 2.05) is 49.4 Å². The van der Waals surface area contributed by atoms with Gasteiger partial charge in [-0.25, -0.2) is 0 Å². The van der Waals surface area contributed by atoms with Gasteiger partial charge >= 0.3 is 0 Å². The number of rotatable bonds is 7. The molecule has 0 fully saturated rings. The van der Waals surface area contributed by atoms with Gasteiger partial charge in [0.1, 0.15) is 17.4 Å². The monoisotopic (exact) mass is 411 g/mol. The van der Waals surface area contributed by atoms with Crippen molar-refractivity contribution in [1.82, 2.24) is 0 Å². The molecule has 3 rings (SSSR count). The van der Waals surface area contributed by atoms with Crippen molar-refractivity contribution in [1.29, 1.82) is 5.26 Å². The number of nitrogens with zero attached hydrogens (tertiary/aromatic N) is 1. The van der Waals surface area contributed by atoms with E-state index in [-0.39, 0.29) is 18.1 Å². The fourth-order valence-corrected chi connectivity index (χ4v) is 2.80. The Balaban J connectivity index is 1.63. The Morgan fingerprint density at radius 1 is 0.935 bits per heavy atom. The summed E-state index contributed by atoms with van der Waals surface area (Å²) in [5, 5.41) is 14.9. The minimum absolute atomic E-state index is 0.0412. The van der Waals surface area contributed by atoms with Gasteiger partial charge in [-0.05, 0) is 60.5 Å². The average Bonchev–Trinajstić information content (AvgIpc) is 2.77. The van der Waals surface area contributed by atoms with E-state index in [1.54, 1.807) is 42.5 Å². The van der Waals surface area contributed by atoms with Crippen molar-refractivity contribution in [3.05, 3.63) is 95.6 Å². The summed E-state index contributed by atoms with van der Waals surface area (Å²) in [4.78, 5) is 24.5. The smallest absolute Gasteiger partial charge is 0.266 e. The number of para-hydroxylation sites is 1. The summed E-state index contributed by atoms with van der Waals surface area (Å²) < 4.78 is 5.54. The molecule has 0 unspecified atom stereocenters. The van der Waals surface area contributed by atoms with Crippen molar-refractivity contribution in [2.24, 2.45) is 0 Å². The highest BCUT2D eigenvalue weighted by molar-refractivity contribution is 6.09. The van der Waals surface area contributed by atoms with Crippen LogP contribution in [-0.2, 0) is 9.59 Å². The number of carbonyl (C=O) groups is 2. The van der Waals surface area contributed by atoms with Crippen LogP contribution in [0, 0.1) is 18.3 Å². The molecular weight excluding hydrogens is 390 g/mol. The average molecular weight is 411 g/mol. The number of amides is 2. The second-order valence-electron chi connectivity index (χ2n) is 6.77. The molecule has 6 nitrogen and oxygen atoms in total. The molecule has 0 aliphatic rings. The molecule has 2 N–H and O–H groups in total. The zero-order valence-electron chi connectivity index (χ0n) is 17.0. The number of nitrogens with one attached hydrogen (secondary N) is 2. The summed E-state index contributed by atoms with van der Waals surface area (Å²) in [5.41, 5.74) is 2.87. The Bertz CT molecular complexity index is 1150. The summed E-state index contributed by atoms with van der Waals surface area (Å²) in [6, 6.07) is 25.2. The number of hydrogen-bond donors (Lipinski definition) is 2. The third kappa shape index (κ3) is 6.58. The predicted octanol–water partition coefficient (Wildman–Crippen LogP) is 4.56. The fourth-order valence-electron chi connectivity index (χ4n) is 2.80. The SMILES string of the molecule is Cc1cccc(NC(=O)/C(C#N)=C/c2cccc(OCC(=O)Nc3ccccc3)c2)c1. The summed E-state index contributed by atoms with van der Waals surface area (Å²) >= 11 is 0. The molecule has 31 heavy (non-hydrogen) atoms. The summed E-state index contributed by atoms with van der Waals surface area (Å²) in [5.74, 6) is -0.336. The number of benzene rings is 3. The Labute approximate surface area is 180 Å². The molecule has 0 saturated heterocycles. The standard InChI is InChI=1S/C25H21N3O3/c1-18-7-5-11-22(13-18)28-25(30)20(16-26)14-19-8-6-12-23(15-19)31-17-24(29)27-21-9-3-2-4-10-21/h2-15H,17H2,1H3,(H,27,29)(H,28,30)/b20-14+. The maximum atomic E-state index is 12.4. The Hall–Kier alpha value is -4.37. The van der Waals surface area contributed by atoms with E-state index < -0.39 is 5.91 Å². The highest BCUT2D eigenvalue weighted by Gasteiger charge is 2.10. The fraction of sp³-hybridized carbons (Fsp3) is 0.0800. The Morgan fingerprint density at radius 2 is 1.68 bits per heavy atom. The molecule has 0 radical (unpaired) electrons. The maximum absolute atomic E-state index is 12.4. The third-order valence-corrected chi connectivity index (χ3v) is 4.24. The van der Waals surface area contributed by atoms with Crippen molar-refractivity contribution in [3.8, 4) is 11.8 Å². The van der Waals surface area contributed by atoms with Gasteiger partial charge < -0.3 is 15.4 Å².